The van der Waals surface area contributed by atoms with Gasteiger partial charge in [0.15, 0.2) is 6.04 Å². The van der Waals surface area contributed by atoms with Crippen molar-refractivity contribution in [1.82, 2.24) is 9.80 Å². The van der Waals surface area contributed by atoms with Crippen LogP contribution in [0.4, 0.5) is 4.79 Å². The highest BCUT2D eigenvalue weighted by molar-refractivity contribution is 5.98. The molecule has 34 heavy (non-hydrogen) atoms. The van der Waals surface area contributed by atoms with E-state index in [0.717, 1.165) is 5.56 Å². The third-order valence-corrected chi connectivity index (χ3v) is 6.08. The molecule has 2 aromatic carbocycles. The predicted molar refractivity (Wildman–Crippen MR) is 120 cm³/mol. The summed E-state index contributed by atoms with van der Waals surface area (Å²) >= 11 is 0. The molecule has 2 saturated heterocycles. The first-order valence-electron chi connectivity index (χ1n) is 11.1. The highest BCUT2D eigenvalue weighted by atomic mass is 16.6. The molecule has 0 aromatic heterocycles. The summed E-state index contributed by atoms with van der Waals surface area (Å²) in [5.41, 5.74) is 1.56. The molecular weight excluding hydrogens is 440 g/mol. The number of esters is 2. The zero-order valence-electron chi connectivity index (χ0n) is 18.8. The molecule has 2 fully saturated rings. The molecule has 2 amide bonds. The molecule has 0 aliphatic carbocycles. The number of carbonyl (C=O) groups excluding carboxylic acids is 4. The summed E-state index contributed by atoms with van der Waals surface area (Å²) in [4.78, 5) is 52.9. The van der Waals surface area contributed by atoms with Crippen molar-refractivity contribution in [3.63, 3.8) is 0 Å². The fraction of sp³-hybridized carbons (Fsp3) is 0.360. The standard InChI is InChI=1S/C25H26N2O7/c1-32-23(29)19-9-5-8-18(14-19)22(28)26-12-10-20(11-13-26)27-21(16-34-25(27)31)24(30)33-15-17-6-3-2-4-7-17/h2-9,14,20-21H,10-13,15-16H2,1H3. The van der Waals surface area contributed by atoms with Crippen molar-refractivity contribution in [2.45, 2.75) is 31.5 Å². The quantitative estimate of drug-likeness (QED) is 0.476. The van der Waals surface area contributed by atoms with Gasteiger partial charge in [-0.15, -0.1) is 0 Å². The molecule has 2 aromatic rings. The Bertz CT molecular complexity index is 1060. The second-order valence-electron chi connectivity index (χ2n) is 8.19. The predicted octanol–water partition coefficient (Wildman–Crippen LogP) is 2.64. The molecule has 0 N–H and O–H groups in total. The maximum atomic E-state index is 12.9. The number of rotatable bonds is 6. The zero-order valence-corrected chi connectivity index (χ0v) is 18.8. The number of benzene rings is 2. The highest BCUT2D eigenvalue weighted by Crippen LogP contribution is 2.26. The Morgan fingerprint density at radius 3 is 2.41 bits per heavy atom. The first kappa shape index (κ1) is 23.3. The maximum absolute atomic E-state index is 12.9. The van der Waals surface area contributed by atoms with Crippen LogP contribution in [0.2, 0.25) is 0 Å². The van der Waals surface area contributed by atoms with Crippen LogP contribution in [0.25, 0.3) is 0 Å². The molecule has 9 heteroatoms. The molecule has 0 saturated carbocycles. The average Bonchev–Trinajstić information content (AvgIpc) is 3.28. The fourth-order valence-corrected chi connectivity index (χ4v) is 4.27. The van der Waals surface area contributed by atoms with Crippen LogP contribution in [0.3, 0.4) is 0 Å². The summed E-state index contributed by atoms with van der Waals surface area (Å²) in [6, 6.07) is 14.6. The monoisotopic (exact) mass is 466 g/mol. The van der Waals surface area contributed by atoms with Gasteiger partial charge in [-0.05, 0) is 36.6 Å². The van der Waals surface area contributed by atoms with Crippen LogP contribution in [0.15, 0.2) is 54.6 Å². The minimum absolute atomic E-state index is 0.0497. The van der Waals surface area contributed by atoms with E-state index in [1.807, 2.05) is 30.3 Å². The summed E-state index contributed by atoms with van der Waals surface area (Å²) in [6.07, 6.45) is 0.456. The number of piperidine rings is 1. The molecule has 1 unspecified atom stereocenters. The third-order valence-electron chi connectivity index (χ3n) is 6.08. The van der Waals surface area contributed by atoms with Crippen LogP contribution < -0.4 is 0 Å². The molecule has 2 aliphatic rings. The molecule has 2 aliphatic heterocycles. The minimum Gasteiger partial charge on any atom is -0.465 e. The summed E-state index contributed by atoms with van der Waals surface area (Å²) in [5.74, 6) is -1.22. The van der Waals surface area contributed by atoms with E-state index in [4.69, 9.17) is 14.2 Å². The van der Waals surface area contributed by atoms with Crippen molar-refractivity contribution >= 4 is 23.9 Å². The highest BCUT2D eigenvalue weighted by Gasteiger charge is 2.44. The zero-order chi connectivity index (χ0) is 24.1. The normalized spacial score (nSPS) is 18.4. The van der Waals surface area contributed by atoms with Crippen molar-refractivity contribution < 1.29 is 33.4 Å². The van der Waals surface area contributed by atoms with Gasteiger partial charge in [-0.25, -0.2) is 14.4 Å². The van der Waals surface area contributed by atoms with E-state index in [1.54, 1.807) is 23.1 Å². The number of nitrogens with zero attached hydrogens (tertiary/aromatic N) is 2. The molecule has 1 atom stereocenters. The van der Waals surface area contributed by atoms with Crippen LogP contribution in [-0.2, 0) is 25.6 Å². The van der Waals surface area contributed by atoms with E-state index in [9.17, 15) is 19.2 Å². The number of amides is 2. The van der Waals surface area contributed by atoms with Gasteiger partial charge in [0.1, 0.15) is 13.2 Å². The molecule has 9 nitrogen and oxygen atoms in total. The molecule has 4 rings (SSSR count). The summed E-state index contributed by atoms with van der Waals surface area (Å²) in [5, 5.41) is 0. The van der Waals surface area contributed by atoms with Gasteiger partial charge in [-0.1, -0.05) is 36.4 Å². The number of hydrogen-bond acceptors (Lipinski definition) is 7. The number of carbonyl (C=O) groups is 4. The molecule has 0 spiro atoms. The Kier molecular flexibility index (Phi) is 7.10. The average molecular weight is 466 g/mol. The van der Waals surface area contributed by atoms with Crippen molar-refractivity contribution in [2.24, 2.45) is 0 Å². The topological polar surface area (TPSA) is 102 Å². The molecular formula is C25H26N2O7. The van der Waals surface area contributed by atoms with Crippen LogP contribution >= 0.6 is 0 Å². The molecule has 2 heterocycles. The fourth-order valence-electron chi connectivity index (χ4n) is 4.27. The maximum Gasteiger partial charge on any atom is 0.410 e. The molecule has 0 radical (unpaired) electrons. The summed E-state index contributed by atoms with van der Waals surface area (Å²) in [7, 11) is 1.29. The van der Waals surface area contributed by atoms with Crippen LogP contribution in [0.5, 0.6) is 0 Å². The Balaban J connectivity index is 1.36. The van der Waals surface area contributed by atoms with E-state index < -0.39 is 24.1 Å². The number of methoxy groups -OCH3 is 1. The Morgan fingerprint density at radius 2 is 1.71 bits per heavy atom. The lowest BCUT2D eigenvalue weighted by Crippen LogP contribution is -2.52. The lowest BCUT2D eigenvalue weighted by Gasteiger charge is -2.37. The van der Waals surface area contributed by atoms with Gasteiger partial charge >= 0.3 is 18.0 Å². The largest absolute Gasteiger partial charge is 0.465 e. The van der Waals surface area contributed by atoms with Crippen LogP contribution in [0, 0.1) is 0 Å². The second kappa shape index (κ2) is 10.4. The lowest BCUT2D eigenvalue weighted by molar-refractivity contribution is -0.150. The molecule has 0 bridgehead atoms. The third kappa shape index (κ3) is 5.03. The second-order valence-corrected chi connectivity index (χ2v) is 8.19. The van der Waals surface area contributed by atoms with Crippen molar-refractivity contribution in [3.05, 3.63) is 71.3 Å². The van der Waals surface area contributed by atoms with Gasteiger partial charge < -0.3 is 19.1 Å². The first-order chi connectivity index (χ1) is 16.5. The number of hydrogen-bond donors (Lipinski definition) is 0. The van der Waals surface area contributed by atoms with Crippen molar-refractivity contribution in [2.75, 3.05) is 26.8 Å². The van der Waals surface area contributed by atoms with Crippen LogP contribution in [0.1, 0.15) is 39.1 Å². The van der Waals surface area contributed by atoms with Gasteiger partial charge in [0, 0.05) is 24.7 Å². The van der Waals surface area contributed by atoms with Gasteiger partial charge in [-0.2, -0.15) is 0 Å². The van der Waals surface area contributed by atoms with E-state index in [2.05, 4.69) is 0 Å². The van der Waals surface area contributed by atoms with Gasteiger partial charge in [0.05, 0.1) is 12.7 Å². The summed E-state index contributed by atoms with van der Waals surface area (Å²) < 4.78 is 15.3. The van der Waals surface area contributed by atoms with Crippen molar-refractivity contribution in [1.29, 1.82) is 0 Å². The summed E-state index contributed by atoms with van der Waals surface area (Å²) in [6.45, 7) is 0.880. The van der Waals surface area contributed by atoms with E-state index in [-0.39, 0.29) is 25.2 Å². The Hall–Kier alpha value is -3.88. The minimum atomic E-state index is -0.805. The SMILES string of the molecule is COC(=O)c1cccc(C(=O)N2CCC(N3C(=O)OCC3C(=O)OCc3ccccc3)CC2)c1. The molecule has 178 valence electrons. The first-order valence-corrected chi connectivity index (χ1v) is 11.1. The van der Waals surface area contributed by atoms with Gasteiger partial charge in [0.25, 0.3) is 5.91 Å². The van der Waals surface area contributed by atoms with E-state index in [0.29, 0.717) is 37.1 Å². The van der Waals surface area contributed by atoms with Gasteiger partial charge in [-0.3, -0.25) is 9.69 Å². The Morgan fingerprint density at radius 1 is 1.00 bits per heavy atom. The van der Waals surface area contributed by atoms with Crippen LogP contribution in [-0.4, -0.2) is 72.6 Å². The lowest BCUT2D eigenvalue weighted by atomic mass is 10.0. The Labute approximate surface area is 197 Å². The smallest absolute Gasteiger partial charge is 0.410 e. The number of cyclic esters (lactones) is 1. The number of likely N-dealkylation sites (tertiary alicyclic amines) is 1. The van der Waals surface area contributed by atoms with E-state index in [1.165, 1.54) is 18.1 Å². The van der Waals surface area contributed by atoms with Crippen molar-refractivity contribution in [3.8, 4) is 0 Å². The van der Waals surface area contributed by atoms with E-state index >= 15 is 0 Å². The van der Waals surface area contributed by atoms with Gasteiger partial charge in [0.2, 0.25) is 0 Å². The number of ether oxygens (including phenoxy) is 3.